The number of nitrogens with zero attached hydrogens (tertiary/aromatic N) is 1. The second-order valence-corrected chi connectivity index (χ2v) is 4.80. The van der Waals surface area contributed by atoms with Crippen LogP contribution in [0.1, 0.15) is 39.0 Å². The van der Waals surface area contributed by atoms with E-state index < -0.39 is 6.35 Å². The Bertz CT molecular complexity index is 168. The van der Waals surface area contributed by atoms with Crippen LogP contribution in [0.4, 0.5) is 0 Å². The summed E-state index contributed by atoms with van der Waals surface area (Å²) in [7, 11) is 0. The summed E-state index contributed by atoms with van der Waals surface area (Å²) >= 11 is 0. The van der Waals surface area contributed by atoms with Gasteiger partial charge in [-0.15, -0.1) is 0 Å². The van der Waals surface area contributed by atoms with Crippen LogP contribution in [0.2, 0.25) is 0 Å². The Balaban J connectivity index is 1.94. The molecule has 0 bridgehead atoms. The van der Waals surface area contributed by atoms with E-state index in [2.05, 4.69) is 17.1 Å². The summed E-state index contributed by atoms with van der Waals surface area (Å²) in [5.41, 5.74) is 5.18. The van der Waals surface area contributed by atoms with Crippen LogP contribution in [0, 0.1) is 5.92 Å². The van der Waals surface area contributed by atoms with Gasteiger partial charge in [0.25, 0.3) is 0 Å². The van der Waals surface area contributed by atoms with E-state index in [1.807, 2.05) is 0 Å². The lowest BCUT2D eigenvalue weighted by atomic mass is 9.94. The van der Waals surface area contributed by atoms with Gasteiger partial charge >= 0.3 is 0 Å². The molecule has 1 saturated heterocycles. The molecule has 1 atom stereocenters. The first-order valence-corrected chi connectivity index (χ1v) is 6.61. The minimum Gasteiger partial charge on any atom is -0.366 e. The van der Waals surface area contributed by atoms with Gasteiger partial charge in [0, 0.05) is 0 Å². The Morgan fingerprint density at radius 1 is 1.38 bits per heavy atom. The average molecular weight is 229 g/mol. The SMILES string of the molecule is CCC1CCN(CCCCNC(N)O)CC1. The van der Waals surface area contributed by atoms with E-state index in [0.717, 1.165) is 18.9 Å². The monoisotopic (exact) mass is 229 g/mol. The fourth-order valence-corrected chi connectivity index (χ4v) is 2.33. The second-order valence-electron chi connectivity index (χ2n) is 4.80. The molecule has 0 aromatic carbocycles. The summed E-state index contributed by atoms with van der Waals surface area (Å²) in [5, 5.41) is 11.6. The maximum absolute atomic E-state index is 8.81. The molecule has 1 rings (SSSR count). The third-order valence-electron chi connectivity index (χ3n) is 3.54. The van der Waals surface area contributed by atoms with Crippen molar-refractivity contribution in [1.29, 1.82) is 0 Å². The van der Waals surface area contributed by atoms with Gasteiger partial charge in [-0.05, 0) is 57.8 Å². The summed E-state index contributed by atoms with van der Waals surface area (Å²) < 4.78 is 0. The van der Waals surface area contributed by atoms with Gasteiger partial charge in [0.2, 0.25) is 0 Å². The zero-order chi connectivity index (χ0) is 11.8. The molecular formula is C12H27N3O. The van der Waals surface area contributed by atoms with Crippen LogP contribution in [0.25, 0.3) is 0 Å². The largest absolute Gasteiger partial charge is 0.366 e. The second kappa shape index (κ2) is 8.01. The third-order valence-corrected chi connectivity index (χ3v) is 3.54. The molecule has 1 aliphatic heterocycles. The molecule has 1 aliphatic rings. The Hall–Kier alpha value is -0.160. The standard InChI is InChI=1S/C12H27N3O/c1-2-11-5-9-15(10-6-11)8-4-3-7-14-12(13)16/h11-12,14,16H,2-10,13H2,1H3. The first-order valence-electron chi connectivity index (χ1n) is 6.61. The fraction of sp³-hybridized carbons (Fsp3) is 1.00. The molecule has 4 N–H and O–H groups in total. The van der Waals surface area contributed by atoms with E-state index in [9.17, 15) is 0 Å². The van der Waals surface area contributed by atoms with E-state index >= 15 is 0 Å². The van der Waals surface area contributed by atoms with Gasteiger partial charge in [0.15, 0.2) is 6.35 Å². The van der Waals surface area contributed by atoms with Crippen molar-refractivity contribution in [2.24, 2.45) is 11.7 Å². The van der Waals surface area contributed by atoms with Gasteiger partial charge in [-0.3, -0.25) is 11.1 Å². The van der Waals surface area contributed by atoms with E-state index in [1.165, 1.54) is 45.3 Å². The summed E-state index contributed by atoms with van der Waals surface area (Å²) in [6.07, 6.45) is 5.50. The molecule has 0 amide bonds. The zero-order valence-corrected chi connectivity index (χ0v) is 10.5. The summed E-state index contributed by atoms with van der Waals surface area (Å²) in [6.45, 7) is 6.84. The lowest BCUT2D eigenvalue weighted by molar-refractivity contribution is 0.142. The van der Waals surface area contributed by atoms with Crippen molar-refractivity contribution in [3.05, 3.63) is 0 Å². The number of hydrogen-bond acceptors (Lipinski definition) is 4. The van der Waals surface area contributed by atoms with E-state index in [-0.39, 0.29) is 0 Å². The highest BCUT2D eigenvalue weighted by Crippen LogP contribution is 2.19. The normalized spacial score (nSPS) is 21.2. The van der Waals surface area contributed by atoms with Crippen molar-refractivity contribution in [1.82, 2.24) is 10.2 Å². The maximum Gasteiger partial charge on any atom is 0.157 e. The summed E-state index contributed by atoms with van der Waals surface area (Å²) in [4.78, 5) is 2.56. The Kier molecular flexibility index (Phi) is 6.96. The molecule has 0 aromatic heterocycles. The average Bonchev–Trinajstić information content (AvgIpc) is 2.29. The highest BCUT2D eigenvalue weighted by atomic mass is 16.3. The summed E-state index contributed by atoms with van der Waals surface area (Å²) in [5.74, 6) is 0.963. The number of rotatable bonds is 7. The number of aliphatic hydroxyl groups excluding tert-OH is 1. The van der Waals surface area contributed by atoms with Crippen LogP contribution >= 0.6 is 0 Å². The minimum absolute atomic E-state index is 0.809. The minimum atomic E-state index is -0.861. The van der Waals surface area contributed by atoms with Crippen molar-refractivity contribution < 1.29 is 5.11 Å². The lowest BCUT2D eigenvalue weighted by Crippen LogP contribution is -2.38. The Morgan fingerprint density at radius 3 is 2.62 bits per heavy atom. The number of unbranched alkanes of at least 4 members (excludes halogenated alkanes) is 1. The van der Waals surface area contributed by atoms with Crippen LogP contribution in [-0.4, -0.2) is 42.5 Å². The molecule has 0 aromatic rings. The predicted molar refractivity (Wildman–Crippen MR) is 66.9 cm³/mol. The molecule has 96 valence electrons. The van der Waals surface area contributed by atoms with E-state index in [4.69, 9.17) is 10.8 Å². The topological polar surface area (TPSA) is 61.5 Å². The van der Waals surface area contributed by atoms with Crippen LogP contribution < -0.4 is 11.1 Å². The zero-order valence-electron chi connectivity index (χ0n) is 10.5. The van der Waals surface area contributed by atoms with Gasteiger partial charge in [-0.25, -0.2) is 0 Å². The highest BCUT2D eigenvalue weighted by Gasteiger charge is 2.16. The Labute approximate surface area is 99.2 Å². The quantitative estimate of drug-likeness (QED) is 0.444. The first-order chi connectivity index (χ1) is 7.72. The van der Waals surface area contributed by atoms with Crippen molar-refractivity contribution in [3.8, 4) is 0 Å². The number of nitrogens with one attached hydrogen (secondary N) is 1. The molecule has 1 unspecified atom stereocenters. The molecule has 0 aliphatic carbocycles. The molecule has 0 spiro atoms. The molecule has 0 radical (unpaired) electrons. The first kappa shape index (κ1) is 13.9. The van der Waals surface area contributed by atoms with Gasteiger partial charge in [-0.2, -0.15) is 0 Å². The van der Waals surface area contributed by atoms with Crippen molar-refractivity contribution in [3.63, 3.8) is 0 Å². The van der Waals surface area contributed by atoms with Gasteiger partial charge in [0.1, 0.15) is 0 Å². The summed E-state index contributed by atoms with van der Waals surface area (Å²) in [6, 6.07) is 0. The van der Waals surface area contributed by atoms with E-state index in [0.29, 0.717) is 0 Å². The number of nitrogens with two attached hydrogens (primary N) is 1. The van der Waals surface area contributed by atoms with E-state index in [1.54, 1.807) is 0 Å². The lowest BCUT2D eigenvalue weighted by Gasteiger charge is -2.31. The molecule has 16 heavy (non-hydrogen) atoms. The fourth-order valence-electron chi connectivity index (χ4n) is 2.33. The van der Waals surface area contributed by atoms with Gasteiger partial charge < -0.3 is 10.0 Å². The van der Waals surface area contributed by atoms with Crippen molar-refractivity contribution >= 4 is 0 Å². The van der Waals surface area contributed by atoms with Gasteiger partial charge in [-0.1, -0.05) is 13.3 Å². The molecule has 1 fully saturated rings. The number of piperidine rings is 1. The number of likely N-dealkylation sites (tertiary alicyclic amines) is 1. The smallest absolute Gasteiger partial charge is 0.157 e. The van der Waals surface area contributed by atoms with Crippen molar-refractivity contribution in [2.75, 3.05) is 26.2 Å². The molecule has 4 heteroatoms. The number of hydrogen-bond donors (Lipinski definition) is 3. The molecular weight excluding hydrogens is 202 g/mol. The van der Waals surface area contributed by atoms with Crippen LogP contribution in [0.15, 0.2) is 0 Å². The molecule has 1 heterocycles. The van der Waals surface area contributed by atoms with Crippen molar-refractivity contribution in [2.45, 2.75) is 45.4 Å². The molecule has 0 saturated carbocycles. The van der Waals surface area contributed by atoms with Crippen LogP contribution in [0.3, 0.4) is 0 Å². The van der Waals surface area contributed by atoms with Crippen LogP contribution in [-0.2, 0) is 0 Å². The van der Waals surface area contributed by atoms with Gasteiger partial charge in [0.05, 0.1) is 0 Å². The number of aliphatic hydroxyl groups is 1. The molecule has 4 nitrogen and oxygen atoms in total. The predicted octanol–water partition coefficient (Wildman–Crippen LogP) is 0.713. The van der Waals surface area contributed by atoms with Crippen LogP contribution in [0.5, 0.6) is 0 Å². The maximum atomic E-state index is 8.81. The highest BCUT2D eigenvalue weighted by molar-refractivity contribution is 4.71. The third kappa shape index (κ3) is 5.80. The Morgan fingerprint density at radius 2 is 2.06 bits per heavy atom.